The molecule has 0 fully saturated rings. The molecule has 1 aliphatic rings. The van der Waals surface area contributed by atoms with E-state index in [1.165, 1.54) is 0 Å². The number of amides is 2. The first-order valence-corrected chi connectivity index (χ1v) is 9.86. The molecule has 152 valence electrons. The number of aromatic amines is 1. The standard InChI is InChI=1S/C20H17N5O4S/c1-29-12-8-6-11(7-9-12)21-16(26)10-15-18(27)23-20(30-15)25-24-17-13-4-2-3-5-14(13)22-19(17)28/h2-9,15,22,28H,10H2,1H3,(H,21,26)/t15-/m0/s1. The SMILES string of the molecule is COc1ccc(NC(=O)C[C@@H]2SC(N=Nc3c(O)[nH]c4ccccc34)=NC2=O)cc1. The van der Waals surface area contributed by atoms with Crippen LogP contribution in [0.4, 0.5) is 11.4 Å². The van der Waals surface area contributed by atoms with Crippen molar-refractivity contribution in [2.24, 2.45) is 15.2 Å². The quantitative estimate of drug-likeness (QED) is 0.535. The van der Waals surface area contributed by atoms with Gasteiger partial charge >= 0.3 is 0 Å². The Morgan fingerprint density at radius 3 is 2.77 bits per heavy atom. The third-order valence-electron chi connectivity index (χ3n) is 4.37. The Kier molecular flexibility index (Phi) is 5.48. The molecule has 1 aliphatic heterocycles. The van der Waals surface area contributed by atoms with Crippen LogP contribution in [-0.4, -0.2) is 39.4 Å². The molecule has 2 aromatic carbocycles. The highest BCUT2D eigenvalue weighted by molar-refractivity contribution is 8.15. The number of anilines is 1. The van der Waals surface area contributed by atoms with Gasteiger partial charge in [0, 0.05) is 17.5 Å². The highest BCUT2D eigenvalue weighted by Gasteiger charge is 2.31. The molecular weight excluding hydrogens is 406 g/mol. The summed E-state index contributed by atoms with van der Waals surface area (Å²) in [4.78, 5) is 31.1. The number of para-hydroxylation sites is 1. The van der Waals surface area contributed by atoms with E-state index in [9.17, 15) is 14.7 Å². The van der Waals surface area contributed by atoms with Crippen LogP contribution in [0, 0.1) is 0 Å². The minimum Gasteiger partial charge on any atom is -0.497 e. The molecule has 0 aliphatic carbocycles. The Bertz CT molecular complexity index is 1170. The topological polar surface area (TPSA) is 128 Å². The second-order valence-corrected chi connectivity index (χ2v) is 7.56. The van der Waals surface area contributed by atoms with Crippen LogP contribution in [0.2, 0.25) is 0 Å². The van der Waals surface area contributed by atoms with Gasteiger partial charge in [-0.25, -0.2) is 0 Å². The number of rotatable bonds is 5. The second kappa shape index (κ2) is 8.37. The van der Waals surface area contributed by atoms with Crippen LogP contribution >= 0.6 is 11.8 Å². The van der Waals surface area contributed by atoms with E-state index in [-0.39, 0.29) is 29.1 Å². The average molecular weight is 423 g/mol. The Hall–Kier alpha value is -3.66. The number of aromatic hydroxyl groups is 1. The number of fused-ring (bicyclic) bond motifs is 1. The van der Waals surface area contributed by atoms with Crippen molar-refractivity contribution in [1.29, 1.82) is 0 Å². The van der Waals surface area contributed by atoms with Gasteiger partial charge in [-0.1, -0.05) is 30.0 Å². The minimum atomic E-state index is -0.672. The van der Waals surface area contributed by atoms with E-state index < -0.39 is 11.2 Å². The Labute approximate surface area is 175 Å². The fourth-order valence-electron chi connectivity index (χ4n) is 2.91. The highest BCUT2D eigenvalue weighted by atomic mass is 32.2. The average Bonchev–Trinajstić information content (AvgIpc) is 3.25. The highest BCUT2D eigenvalue weighted by Crippen LogP contribution is 2.36. The number of hydrogen-bond acceptors (Lipinski definition) is 7. The van der Waals surface area contributed by atoms with Crippen molar-refractivity contribution in [2.45, 2.75) is 11.7 Å². The number of ether oxygens (including phenoxy) is 1. The fourth-order valence-corrected chi connectivity index (χ4v) is 3.78. The van der Waals surface area contributed by atoms with Gasteiger partial charge < -0.3 is 20.1 Å². The summed E-state index contributed by atoms with van der Waals surface area (Å²) >= 11 is 1.06. The van der Waals surface area contributed by atoms with Crippen LogP contribution in [0.5, 0.6) is 11.6 Å². The number of H-pyrrole nitrogens is 1. The lowest BCUT2D eigenvalue weighted by Crippen LogP contribution is -2.21. The molecule has 3 N–H and O–H groups in total. The molecule has 0 saturated carbocycles. The number of benzene rings is 2. The molecule has 4 rings (SSSR count). The predicted molar refractivity (Wildman–Crippen MR) is 115 cm³/mol. The molecule has 0 saturated heterocycles. The Morgan fingerprint density at radius 1 is 1.23 bits per heavy atom. The van der Waals surface area contributed by atoms with E-state index >= 15 is 0 Å². The number of methoxy groups -OCH3 is 1. The molecule has 30 heavy (non-hydrogen) atoms. The van der Waals surface area contributed by atoms with E-state index in [1.807, 2.05) is 12.1 Å². The fraction of sp³-hybridized carbons (Fsp3) is 0.150. The molecule has 0 radical (unpaired) electrons. The number of amidine groups is 1. The van der Waals surface area contributed by atoms with Gasteiger partial charge in [-0.15, -0.1) is 10.2 Å². The van der Waals surface area contributed by atoms with Crippen molar-refractivity contribution >= 4 is 51.0 Å². The normalized spacial score (nSPS) is 16.2. The van der Waals surface area contributed by atoms with Crippen LogP contribution in [0.15, 0.2) is 63.8 Å². The number of nitrogens with one attached hydrogen (secondary N) is 2. The summed E-state index contributed by atoms with van der Waals surface area (Å²) in [5.41, 5.74) is 1.59. The van der Waals surface area contributed by atoms with Crippen molar-refractivity contribution < 1.29 is 19.4 Å². The molecule has 0 bridgehead atoms. The maximum Gasteiger partial charge on any atom is 0.262 e. The molecule has 9 nitrogen and oxygen atoms in total. The number of hydrogen-bond donors (Lipinski definition) is 3. The van der Waals surface area contributed by atoms with Gasteiger partial charge in [0.2, 0.25) is 17.0 Å². The van der Waals surface area contributed by atoms with Gasteiger partial charge in [-0.3, -0.25) is 9.59 Å². The molecule has 0 unspecified atom stereocenters. The zero-order valence-corrected chi connectivity index (χ0v) is 16.6. The Morgan fingerprint density at radius 2 is 2.00 bits per heavy atom. The molecular formula is C20H17N5O4S. The number of aliphatic imine (C=N–C) groups is 1. The third-order valence-corrected chi connectivity index (χ3v) is 5.41. The van der Waals surface area contributed by atoms with Gasteiger partial charge in [-0.2, -0.15) is 4.99 Å². The first-order valence-electron chi connectivity index (χ1n) is 8.98. The van der Waals surface area contributed by atoms with Crippen molar-refractivity contribution in [2.75, 3.05) is 12.4 Å². The van der Waals surface area contributed by atoms with Crippen molar-refractivity contribution in [3.05, 3.63) is 48.5 Å². The molecule has 1 atom stereocenters. The Balaban J connectivity index is 1.38. The van der Waals surface area contributed by atoms with Gasteiger partial charge in [0.1, 0.15) is 11.0 Å². The molecule has 2 heterocycles. The largest absolute Gasteiger partial charge is 0.497 e. The smallest absolute Gasteiger partial charge is 0.262 e. The van der Waals surface area contributed by atoms with Gasteiger partial charge in [0.25, 0.3) is 5.91 Å². The van der Waals surface area contributed by atoms with Crippen molar-refractivity contribution in [3.8, 4) is 11.6 Å². The van der Waals surface area contributed by atoms with Crippen molar-refractivity contribution in [1.82, 2.24) is 4.98 Å². The lowest BCUT2D eigenvalue weighted by atomic mass is 10.2. The number of carbonyl (C=O) groups is 2. The third kappa shape index (κ3) is 4.18. The zero-order chi connectivity index (χ0) is 21.1. The number of azo groups is 1. The molecule has 3 aromatic rings. The van der Waals surface area contributed by atoms with E-state index in [0.29, 0.717) is 22.3 Å². The molecule has 10 heteroatoms. The number of thioether (sulfide) groups is 1. The summed E-state index contributed by atoms with van der Waals surface area (Å²) in [6.07, 6.45) is -0.0453. The monoisotopic (exact) mass is 423 g/mol. The zero-order valence-electron chi connectivity index (χ0n) is 15.8. The van der Waals surface area contributed by atoms with E-state index in [0.717, 1.165) is 11.8 Å². The predicted octanol–water partition coefficient (Wildman–Crippen LogP) is 3.99. The van der Waals surface area contributed by atoms with Gasteiger partial charge in [0.15, 0.2) is 5.69 Å². The minimum absolute atomic E-state index is 0.0453. The van der Waals surface area contributed by atoms with E-state index in [4.69, 9.17) is 4.74 Å². The number of nitrogens with zero attached hydrogens (tertiary/aromatic N) is 3. The number of aromatic nitrogens is 1. The summed E-state index contributed by atoms with van der Waals surface area (Å²) in [7, 11) is 1.56. The summed E-state index contributed by atoms with van der Waals surface area (Å²) in [5, 5.41) is 20.9. The number of carbonyl (C=O) groups excluding carboxylic acids is 2. The van der Waals surface area contributed by atoms with Gasteiger partial charge in [-0.05, 0) is 30.3 Å². The van der Waals surface area contributed by atoms with E-state index in [2.05, 4.69) is 25.5 Å². The van der Waals surface area contributed by atoms with Crippen LogP contribution in [0.1, 0.15) is 6.42 Å². The van der Waals surface area contributed by atoms with Crippen molar-refractivity contribution in [3.63, 3.8) is 0 Å². The lowest BCUT2D eigenvalue weighted by Gasteiger charge is -2.08. The van der Waals surface area contributed by atoms with Crippen LogP contribution in [0.25, 0.3) is 10.9 Å². The first kappa shape index (κ1) is 19.6. The first-order chi connectivity index (χ1) is 14.5. The summed E-state index contributed by atoms with van der Waals surface area (Å²) in [6.45, 7) is 0. The van der Waals surface area contributed by atoms with Crippen LogP contribution < -0.4 is 10.1 Å². The summed E-state index contributed by atoms with van der Waals surface area (Å²) in [6, 6.07) is 14.1. The van der Waals surface area contributed by atoms with Crippen LogP contribution in [0.3, 0.4) is 0 Å². The maximum absolute atomic E-state index is 12.3. The summed E-state index contributed by atoms with van der Waals surface area (Å²) < 4.78 is 5.08. The molecule has 1 aromatic heterocycles. The van der Waals surface area contributed by atoms with Gasteiger partial charge in [0.05, 0.1) is 12.6 Å². The molecule has 0 spiro atoms. The lowest BCUT2D eigenvalue weighted by molar-refractivity contribution is -0.121. The molecule has 2 amide bonds. The summed E-state index contributed by atoms with van der Waals surface area (Å²) in [5.74, 6) is -0.194. The van der Waals surface area contributed by atoms with Crippen LogP contribution in [-0.2, 0) is 9.59 Å². The van der Waals surface area contributed by atoms with E-state index in [1.54, 1.807) is 43.5 Å². The maximum atomic E-state index is 12.3. The second-order valence-electron chi connectivity index (χ2n) is 6.39.